The lowest BCUT2D eigenvalue weighted by molar-refractivity contribution is 0.660. The van der Waals surface area contributed by atoms with Crippen molar-refractivity contribution >= 4 is 11.0 Å². The Morgan fingerprint density at radius 1 is 0.667 bits per heavy atom. The lowest BCUT2D eigenvalue weighted by Crippen LogP contribution is -2.14. The molecule has 36 heavy (non-hydrogen) atoms. The van der Waals surface area contributed by atoms with E-state index >= 15 is 0 Å². The number of fused-ring (bicyclic) bond motifs is 4. The van der Waals surface area contributed by atoms with E-state index in [0.717, 1.165) is 22.4 Å². The standard InChI is InChI=1S/C34H34N2/c1-21(2)24-13-11-14-25(22(3)4)32(24)36-31-17-10-9-16-30(31)35-33(36)23-18-19-29-27(20-23)26-12-7-8-15-28(26)34(29,5)6/h7-22H,1-6H3. The fourth-order valence-corrected chi connectivity index (χ4v) is 6.08. The van der Waals surface area contributed by atoms with Crippen LogP contribution in [-0.2, 0) is 5.41 Å². The summed E-state index contributed by atoms with van der Waals surface area (Å²) < 4.78 is 2.42. The number of benzene rings is 4. The lowest BCUT2D eigenvalue weighted by Gasteiger charge is -2.23. The number of para-hydroxylation sites is 3. The van der Waals surface area contributed by atoms with Crippen molar-refractivity contribution in [2.45, 2.75) is 58.8 Å². The van der Waals surface area contributed by atoms with E-state index in [-0.39, 0.29) is 5.41 Å². The molecular formula is C34H34N2. The molecule has 2 nitrogen and oxygen atoms in total. The van der Waals surface area contributed by atoms with Crippen LogP contribution in [0.1, 0.15) is 75.6 Å². The smallest absolute Gasteiger partial charge is 0.145 e. The van der Waals surface area contributed by atoms with Crippen molar-refractivity contribution in [1.29, 1.82) is 0 Å². The van der Waals surface area contributed by atoms with Crippen LogP contribution in [0.15, 0.2) is 84.9 Å². The van der Waals surface area contributed by atoms with E-state index in [0.29, 0.717) is 11.8 Å². The third kappa shape index (κ3) is 3.27. The number of rotatable bonds is 4. The molecule has 2 heteroatoms. The van der Waals surface area contributed by atoms with Crippen LogP contribution in [0.2, 0.25) is 0 Å². The van der Waals surface area contributed by atoms with Gasteiger partial charge in [0.25, 0.3) is 0 Å². The largest absolute Gasteiger partial charge is 0.292 e. The highest BCUT2D eigenvalue weighted by Gasteiger charge is 2.35. The van der Waals surface area contributed by atoms with Crippen LogP contribution >= 0.6 is 0 Å². The minimum atomic E-state index is -0.000350. The van der Waals surface area contributed by atoms with Gasteiger partial charge in [0.15, 0.2) is 0 Å². The molecule has 180 valence electrons. The summed E-state index contributed by atoms with van der Waals surface area (Å²) >= 11 is 0. The molecule has 0 N–H and O–H groups in total. The number of imidazole rings is 1. The van der Waals surface area contributed by atoms with Crippen LogP contribution in [0.5, 0.6) is 0 Å². The summed E-state index contributed by atoms with van der Waals surface area (Å²) in [4.78, 5) is 5.24. The predicted octanol–water partition coefficient (Wildman–Crippen LogP) is 9.25. The number of aromatic nitrogens is 2. The van der Waals surface area contributed by atoms with E-state index in [1.165, 1.54) is 39.1 Å². The lowest BCUT2D eigenvalue weighted by atomic mass is 9.82. The van der Waals surface area contributed by atoms with Gasteiger partial charge in [0.1, 0.15) is 5.82 Å². The molecule has 0 radical (unpaired) electrons. The highest BCUT2D eigenvalue weighted by atomic mass is 15.1. The van der Waals surface area contributed by atoms with E-state index in [9.17, 15) is 0 Å². The van der Waals surface area contributed by atoms with Gasteiger partial charge < -0.3 is 0 Å². The first-order valence-corrected chi connectivity index (χ1v) is 13.1. The van der Waals surface area contributed by atoms with Crippen LogP contribution in [0, 0.1) is 0 Å². The van der Waals surface area contributed by atoms with Gasteiger partial charge in [-0.3, -0.25) is 4.57 Å². The Labute approximate surface area is 214 Å². The first-order chi connectivity index (χ1) is 17.3. The molecule has 1 aromatic heterocycles. The van der Waals surface area contributed by atoms with Gasteiger partial charge in [0.2, 0.25) is 0 Å². The number of nitrogens with zero attached hydrogens (tertiary/aromatic N) is 2. The first-order valence-electron chi connectivity index (χ1n) is 13.1. The van der Waals surface area contributed by atoms with E-state index in [1.807, 2.05) is 0 Å². The Hall–Kier alpha value is -3.65. The first kappa shape index (κ1) is 22.8. The van der Waals surface area contributed by atoms with Crippen molar-refractivity contribution < 1.29 is 0 Å². The quantitative estimate of drug-likeness (QED) is 0.256. The molecule has 1 aliphatic carbocycles. The second-order valence-electron chi connectivity index (χ2n) is 11.3. The maximum Gasteiger partial charge on any atom is 0.145 e. The predicted molar refractivity (Wildman–Crippen MR) is 152 cm³/mol. The summed E-state index contributed by atoms with van der Waals surface area (Å²) in [6.45, 7) is 13.8. The highest BCUT2D eigenvalue weighted by Crippen LogP contribution is 2.49. The van der Waals surface area contributed by atoms with Gasteiger partial charge in [-0.15, -0.1) is 0 Å². The van der Waals surface area contributed by atoms with E-state index in [1.54, 1.807) is 0 Å². The van der Waals surface area contributed by atoms with E-state index in [4.69, 9.17) is 4.98 Å². The maximum atomic E-state index is 5.24. The number of hydrogen-bond acceptors (Lipinski definition) is 1. The van der Waals surface area contributed by atoms with Gasteiger partial charge in [-0.05, 0) is 63.4 Å². The van der Waals surface area contributed by atoms with Crippen molar-refractivity contribution in [3.63, 3.8) is 0 Å². The van der Waals surface area contributed by atoms with Crippen molar-refractivity contribution in [2.24, 2.45) is 0 Å². The normalized spacial score (nSPS) is 14.0. The van der Waals surface area contributed by atoms with E-state index < -0.39 is 0 Å². The van der Waals surface area contributed by atoms with Gasteiger partial charge in [-0.2, -0.15) is 0 Å². The van der Waals surface area contributed by atoms with Gasteiger partial charge in [0, 0.05) is 11.0 Å². The molecule has 5 aromatic rings. The maximum absolute atomic E-state index is 5.24. The van der Waals surface area contributed by atoms with Crippen LogP contribution in [0.4, 0.5) is 0 Å². The summed E-state index contributed by atoms with van der Waals surface area (Å²) in [5.41, 5.74) is 12.8. The Balaban J connectivity index is 1.68. The number of hydrogen-bond donors (Lipinski definition) is 0. The van der Waals surface area contributed by atoms with Gasteiger partial charge in [0.05, 0.1) is 16.7 Å². The second kappa shape index (κ2) is 8.20. The summed E-state index contributed by atoms with van der Waals surface area (Å²) in [6.07, 6.45) is 0. The van der Waals surface area contributed by atoms with E-state index in [2.05, 4.69) is 131 Å². The Morgan fingerprint density at radius 3 is 2.03 bits per heavy atom. The summed E-state index contributed by atoms with van der Waals surface area (Å²) in [7, 11) is 0. The minimum Gasteiger partial charge on any atom is -0.292 e. The molecule has 6 rings (SSSR count). The zero-order chi connectivity index (χ0) is 25.2. The molecule has 1 aliphatic rings. The minimum absolute atomic E-state index is 0.000350. The zero-order valence-electron chi connectivity index (χ0n) is 22.1. The highest BCUT2D eigenvalue weighted by molar-refractivity contribution is 5.87. The third-order valence-electron chi connectivity index (χ3n) is 7.97. The van der Waals surface area contributed by atoms with Crippen LogP contribution < -0.4 is 0 Å². The molecule has 0 bridgehead atoms. The summed E-state index contributed by atoms with van der Waals surface area (Å²) in [5.74, 6) is 1.82. The van der Waals surface area contributed by atoms with Crippen molar-refractivity contribution in [2.75, 3.05) is 0 Å². The second-order valence-corrected chi connectivity index (χ2v) is 11.3. The molecule has 0 spiro atoms. The molecule has 1 heterocycles. The summed E-state index contributed by atoms with van der Waals surface area (Å²) in [6, 6.07) is 31.1. The van der Waals surface area contributed by atoms with Crippen molar-refractivity contribution in [3.05, 3.63) is 107 Å². The molecule has 0 unspecified atom stereocenters. The zero-order valence-corrected chi connectivity index (χ0v) is 22.1. The fraction of sp³-hybridized carbons (Fsp3) is 0.265. The van der Waals surface area contributed by atoms with Crippen LogP contribution in [-0.4, -0.2) is 9.55 Å². The molecule has 0 saturated carbocycles. The Bertz CT molecular complexity index is 1590. The average molecular weight is 471 g/mol. The molecule has 0 saturated heterocycles. The van der Waals surface area contributed by atoms with Crippen LogP contribution in [0.3, 0.4) is 0 Å². The summed E-state index contributed by atoms with van der Waals surface area (Å²) in [5, 5.41) is 0. The molecular weight excluding hydrogens is 436 g/mol. The third-order valence-corrected chi connectivity index (χ3v) is 7.97. The Morgan fingerprint density at radius 2 is 1.31 bits per heavy atom. The average Bonchev–Trinajstić information content (AvgIpc) is 3.36. The van der Waals surface area contributed by atoms with Gasteiger partial charge >= 0.3 is 0 Å². The van der Waals surface area contributed by atoms with Crippen LogP contribution in [0.25, 0.3) is 39.2 Å². The molecule has 0 atom stereocenters. The molecule has 0 amide bonds. The van der Waals surface area contributed by atoms with Gasteiger partial charge in [-0.25, -0.2) is 4.98 Å². The fourth-order valence-electron chi connectivity index (χ4n) is 6.08. The molecule has 0 fully saturated rings. The molecule has 4 aromatic carbocycles. The monoisotopic (exact) mass is 470 g/mol. The SMILES string of the molecule is CC(C)c1cccc(C(C)C)c1-n1c(-c2ccc3c(c2)-c2ccccc2C3(C)C)nc2ccccc21. The van der Waals surface area contributed by atoms with Crippen molar-refractivity contribution in [3.8, 4) is 28.2 Å². The van der Waals surface area contributed by atoms with Gasteiger partial charge in [-0.1, -0.05) is 108 Å². The topological polar surface area (TPSA) is 17.8 Å². The molecule has 0 aliphatic heterocycles. The Kier molecular flexibility index (Phi) is 5.19. The van der Waals surface area contributed by atoms with Crippen molar-refractivity contribution in [1.82, 2.24) is 9.55 Å².